The molecule has 0 aliphatic rings. The number of nitrogens with two attached hydrogens (primary N) is 2. The molecule has 0 heterocycles. The van der Waals surface area contributed by atoms with Crippen LogP contribution in [-0.2, 0) is 24.0 Å². The Hall–Kier alpha value is -2.42. The zero-order valence-electron chi connectivity index (χ0n) is 18.6. The Bertz CT molecular complexity index is 666. The van der Waals surface area contributed by atoms with Crippen LogP contribution in [0.4, 0.5) is 0 Å². The number of amides is 3. The van der Waals surface area contributed by atoms with Crippen LogP contribution in [0, 0.1) is 0 Å². The third-order valence-corrected chi connectivity index (χ3v) is 5.27. The topological polar surface area (TPSA) is 234 Å². The van der Waals surface area contributed by atoms with E-state index < -0.39 is 60.4 Å². The molecule has 4 atom stereocenters. The van der Waals surface area contributed by atoms with Crippen molar-refractivity contribution in [1.82, 2.24) is 16.0 Å². The molecule has 0 spiro atoms. The van der Waals surface area contributed by atoms with Crippen LogP contribution in [-0.4, -0.2) is 94.3 Å². The number of aliphatic carboxylic acids is 2. The van der Waals surface area contributed by atoms with Gasteiger partial charge in [-0.1, -0.05) is 0 Å². The van der Waals surface area contributed by atoms with Gasteiger partial charge in [0.2, 0.25) is 17.7 Å². The summed E-state index contributed by atoms with van der Waals surface area (Å²) >= 11 is 1.41. The van der Waals surface area contributed by atoms with Crippen LogP contribution in [0.5, 0.6) is 0 Å². The van der Waals surface area contributed by atoms with E-state index in [9.17, 15) is 24.0 Å². The molecule has 0 saturated carbocycles. The Balaban J connectivity index is 5.35. The van der Waals surface area contributed by atoms with Gasteiger partial charge in [0.1, 0.15) is 18.1 Å². The molecule has 0 aliphatic heterocycles. The first-order valence-electron chi connectivity index (χ1n) is 10.5. The minimum atomic E-state index is -1.53. The van der Waals surface area contributed by atoms with E-state index in [1.54, 1.807) is 6.26 Å². The highest BCUT2D eigenvalue weighted by atomic mass is 32.2. The largest absolute Gasteiger partial charge is 0.481 e. The minimum Gasteiger partial charge on any atom is -0.481 e. The first kappa shape index (κ1) is 30.6. The average Bonchev–Trinajstić information content (AvgIpc) is 2.77. The van der Waals surface area contributed by atoms with E-state index in [1.165, 1.54) is 11.8 Å². The number of hydrogen-bond donors (Lipinski definition) is 8. The second-order valence-corrected chi connectivity index (χ2v) is 8.29. The van der Waals surface area contributed by atoms with Gasteiger partial charge in [0.25, 0.3) is 0 Å². The molecule has 14 heteroatoms. The number of rotatable bonds is 18. The third-order valence-electron chi connectivity index (χ3n) is 4.63. The van der Waals surface area contributed by atoms with Gasteiger partial charge in [0, 0.05) is 6.42 Å². The molecule has 0 radical (unpaired) electrons. The smallest absolute Gasteiger partial charge is 0.328 e. The van der Waals surface area contributed by atoms with Gasteiger partial charge in [-0.05, 0) is 50.7 Å². The standard InChI is InChI=1S/C19H35N5O8S/c1-33-9-7-13(18(30)24-14(10-25)19(31)32)23-17(29)12(4-2-3-8-20)22-16(28)11(21)5-6-15(26)27/h11-14,25H,2-10,20-21H2,1H3,(H,22,28)(H,23,29)(H,24,30)(H,26,27)(H,31,32). The van der Waals surface area contributed by atoms with E-state index in [1.807, 2.05) is 0 Å². The van der Waals surface area contributed by atoms with Gasteiger partial charge >= 0.3 is 11.9 Å². The van der Waals surface area contributed by atoms with Crippen molar-refractivity contribution in [2.75, 3.05) is 25.2 Å². The van der Waals surface area contributed by atoms with Gasteiger partial charge in [0.15, 0.2) is 0 Å². The van der Waals surface area contributed by atoms with Crippen molar-refractivity contribution in [3.05, 3.63) is 0 Å². The zero-order chi connectivity index (χ0) is 25.4. The number of carboxylic acids is 2. The summed E-state index contributed by atoms with van der Waals surface area (Å²) in [6, 6.07) is -4.83. The molecule has 0 aromatic heterocycles. The fourth-order valence-electron chi connectivity index (χ4n) is 2.69. The normalized spacial score (nSPS) is 14.4. The zero-order valence-corrected chi connectivity index (χ0v) is 19.4. The quantitative estimate of drug-likeness (QED) is 0.0936. The van der Waals surface area contributed by atoms with Crippen LogP contribution >= 0.6 is 11.8 Å². The van der Waals surface area contributed by atoms with Crippen LogP contribution in [0.25, 0.3) is 0 Å². The van der Waals surface area contributed by atoms with Gasteiger partial charge in [-0.25, -0.2) is 4.79 Å². The number of nitrogens with one attached hydrogen (secondary N) is 3. The number of thioether (sulfide) groups is 1. The van der Waals surface area contributed by atoms with Gasteiger partial charge in [-0.3, -0.25) is 19.2 Å². The van der Waals surface area contributed by atoms with Crippen LogP contribution in [0.2, 0.25) is 0 Å². The van der Waals surface area contributed by atoms with E-state index in [2.05, 4.69) is 16.0 Å². The molecule has 33 heavy (non-hydrogen) atoms. The minimum absolute atomic E-state index is 0.116. The highest BCUT2D eigenvalue weighted by Gasteiger charge is 2.29. The lowest BCUT2D eigenvalue weighted by Gasteiger charge is -2.25. The van der Waals surface area contributed by atoms with Crippen LogP contribution in [0.3, 0.4) is 0 Å². The van der Waals surface area contributed by atoms with Crippen molar-refractivity contribution in [2.45, 2.75) is 62.7 Å². The lowest BCUT2D eigenvalue weighted by atomic mass is 10.1. The highest BCUT2D eigenvalue weighted by Crippen LogP contribution is 2.06. The fraction of sp³-hybridized carbons (Fsp3) is 0.737. The summed E-state index contributed by atoms with van der Waals surface area (Å²) < 4.78 is 0. The first-order valence-corrected chi connectivity index (χ1v) is 11.9. The molecule has 13 nitrogen and oxygen atoms in total. The van der Waals surface area contributed by atoms with Crippen molar-refractivity contribution in [1.29, 1.82) is 0 Å². The van der Waals surface area contributed by atoms with Crippen molar-refractivity contribution >= 4 is 41.4 Å². The summed E-state index contributed by atoms with van der Waals surface area (Å²) in [6.45, 7) is -0.451. The molecule has 0 saturated heterocycles. The van der Waals surface area contributed by atoms with E-state index in [-0.39, 0.29) is 25.7 Å². The van der Waals surface area contributed by atoms with Crippen molar-refractivity contribution in [2.24, 2.45) is 11.5 Å². The lowest BCUT2D eigenvalue weighted by Crippen LogP contribution is -2.57. The average molecular weight is 494 g/mol. The number of carbonyl (C=O) groups excluding carboxylic acids is 3. The highest BCUT2D eigenvalue weighted by molar-refractivity contribution is 7.98. The maximum absolute atomic E-state index is 12.9. The number of aliphatic hydroxyl groups is 1. The molecule has 0 aliphatic carbocycles. The maximum atomic E-state index is 12.9. The number of hydrogen-bond acceptors (Lipinski definition) is 9. The second kappa shape index (κ2) is 17.1. The van der Waals surface area contributed by atoms with Crippen molar-refractivity contribution in [3.63, 3.8) is 0 Å². The predicted octanol–water partition coefficient (Wildman–Crippen LogP) is -2.41. The predicted molar refractivity (Wildman–Crippen MR) is 121 cm³/mol. The third kappa shape index (κ3) is 13.0. The summed E-state index contributed by atoms with van der Waals surface area (Å²) in [5.41, 5.74) is 11.2. The summed E-state index contributed by atoms with van der Waals surface area (Å²) in [5.74, 6) is -4.24. The molecule has 4 unspecified atom stereocenters. The van der Waals surface area contributed by atoms with Crippen LogP contribution in [0.1, 0.15) is 38.5 Å². The number of carbonyl (C=O) groups is 5. The van der Waals surface area contributed by atoms with Gasteiger partial charge in [-0.15, -0.1) is 0 Å². The number of aliphatic hydroxyl groups excluding tert-OH is 1. The Morgan fingerprint density at radius 3 is 1.88 bits per heavy atom. The van der Waals surface area contributed by atoms with E-state index >= 15 is 0 Å². The van der Waals surface area contributed by atoms with E-state index in [0.29, 0.717) is 25.1 Å². The Morgan fingerprint density at radius 2 is 1.39 bits per heavy atom. The van der Waals surface area contributed by atoms with E-state index in [4.69, 9.17) is 26.8 Å². The SMILES string of the molecule is CSCCC(NC(=O)C(CCCCN)NC(=O)C(N)CCC(=O)O)C(=O)NC(CO)C(=O)O. The van der Waals surface area contributed by atoms with E-state index in [0.717, 1.165) is 0 Å². The lowest BCUT2D eigenvalue weighted by molar-refractivity contribution is -0.143. The molecule has 0 aromatic carbocycles. The summed E-state index contributed by atoms with van der Waals surface area (Å²) in [5, 5.41) is 34.1. The van der Waals surface area contributed by atoms with Crippen LogP contribution < -0.4 is 27.4 Å². The Morgan fingerprint density at radius 1 is 0.848 bits per heavy atom. The molecule has 0 aromatic rings. The number of unbranched alkanes of at least 4 members (excludes halogenated alkanes) is 1. The molecule has 0 fully saturated rings. The monoisotopic (exact) mass is 493 g/mol. The van der Waals surface area contributed by atoms with Crippen LogP contribution in [0.15, 0.2) is 0 Å². The Labute approximate surface area is 196 Å². The Kier molecular flexibility index (Phi) is 15.9. The summed E-state index contributed by atoms with van der Waals surface area (Å²) in [6.07, 6.45) is 2.81. The molecule has 3 amide bonds. The number of carboxylic acid groups (broad SMARTS) is 2. The van der Waals surface area contributed by atoms with Crippen molar-refractivity contribution in [3.8, 4) is 0 Å². The maximum Gasteiger partial charge on any atom is 0.328 e. The molecule has 0 bridgehead atoms. The first-order chi connectivity index (χ1) is 15.6. The molecule has 190 valence electrons. The molecule has 0 rings (SSSR count). The van der Waals surface area contributed by atoms with Gasteiger partial charge in [-0.2, -0.15) is 11.8 Å². The molecular weight excluding hydrogens is 458 g/mol. The van der Waals surface area contributed by atoms with Gasteiger partial charge < -0.3 is 42.7 Å². The van der Waals surface area contributed by atoms with Gasteiger partial charge in [0.05, 0.1) is 12.6 Å². The van der Waals surface area contributed by atoms with Crippen molar-refractivity contribution < 1.29 is 39.3 Å². The fourth-order valence-corrected chi connectivity index (χ4v) is 3.16. The summed E-state index contributed by atoms with van der Waals surface area (Å²) in [4.78, 5) is 59.5. The summed E-state index contributed by atoms with van der Waals surface area (Å²) in [7, 11) is 0. The second-order valence-electron chi connectivity index (χ2n) is 7.31. The molecular formula is C19H35N5O8S. The molecule has 10 N–H and O–H groups in total.